The standard InChI is InChI=1S/C35H58O6/c1-7-22(20(2)3)9-8-21(4)26-12-13-27-25-11-10-23-18-24(14-16-34(23,5)28(25)15-17-35(26,27)6)40-33-32(39)31(38)30(37)29(19-36)41-33/h7,10,20-21,24-33,36-39H,8-9,11-19H2,1-6H3/b22-7-/t21-,24+,25+,26-,27+,28+,29-,30-,31+,32-,33-,34+,35-/m1/s1. The lowest BCUT2D eigenvalue weighted by Gasteiger charge is -2.58. The molecule has 0 aromatic rings. The van der Waals surface area contributed by atoms with Gasteiger partial charge in [-0.05, 0) is 117 Å². The van der Waals surface area contributed by atoms with Gasteiger partial charge in [-0.15, -0.1) is 0 Å². The molecule has 0 aromatic carbocycles. The van der Waals surface area contributed by atoms with Gasteiger partial charge in [-0.2, -0.15) is 0 Å². The fourth-order valence-corrected chi connectivity index (χ4v) is 10.5. The van der Waals surface area contributed by atoms with Crippen LogP contribution in [0.4, 0.5) is 0 Å². The molecule has 6 heteroatoms. The summed E-state index contributed by atoms with van der Waals surface area (Å²) in [5.74, 6) is 4.56. The molecule has 6 nitrogen and oxygen atoms in total. The van der Waals surface area contributed by atoms with Crippen molar-refractivity contribution in [3.63, 3.8) is 0 Å². The molecule has 1 heterocycles. The minimum absolute atomic E-state index is 0.106. The number of rotatable bonds is 8. The lowest BCUT2D eigenvalue weighted by Crippen LogP contribution is -2.60. The van der Waals surface area contributed by atoms with E-state index >= 15 is 0 Å². The van der Waals surface area contributed by atoms with E-state index in [2.05, 4.69) is 53.7 Å². The zero-order chi connectivity index (χ0) is 29.7. The zero-order valence-electron chi connectivity index (χ0n) is 26.5. The fourth-order valence-electron chi connectivity index (χ4n) is 10.5. The average Bonchev–Trinajstić information content (AvgIpc) is 3.30. The van der Waals surface area contributed by atoms with Crippen molar-refractivity contribution in [2.75, 3.05) is 6.61 Å². The highest BCUT2D eigenvalue weighted by atomic mass is 16.7. The first-order valence-corrected chi connectivity index (χ1v) is 16.7. The Morgan fingerprint density at radius 3 is 2.46 bits per heavy atom. The molecule has 0 spiro atoms. The molecule has 41 heavy (non-hydrogen) atoms. The van der Waals surface area contributed by atoms with E-state index in [9.17, 15) is 20.4 Å². The van der Waals surface area contributed by atoms with Gasteiger partial charge in [0.25, 0.3) is 0 Å². The molecule has 0 unspecified atom stereocenters. The Labute approximate surface area is 248 Å². The Morgan fingerprint density at radius 2 is 1.78 bits per heavy atom. The van der Waals surface area contributed by atoms with Crippen molar-refractivity contribution in [2.45, 2.75) is 143 Å². The first-order valence-electron chi connectivity index (χ1n) is 16.7. The normalized spacial score (nSPS) is 47.4. The number of allylic oxidation sites excluding steroid dienone is 3. The number of aliphatic hydroxyl groups is 4. The Kier molecular flexibility index (Phi) is 9.51. The van der Waals surface area contributed by atoms with Gasteiger partial charge in [0.1, 0.15) is 24.4 Å². The van der Waals surface area contributed by atoms with E-state index in [-0.39, 0.29) is 11.5 Å². The number of fused-ring (bicyclic) bond motifs is 5. The van der Waals surface area contributed by atoms with E-state index < -0.39 is 37.3 Å². The van der Waals surface area contributed by atoms with Crippen LogP contribution in [0.2, 0.25) is 0 Å². The van der Waals surface area contributed by atoms with Crippen LogP contribution in [0, 0.1) is 46.3 Å². The molecule has 4 aliphatic carbocycles. The summed E-state index contributed by atoms with van der Waals surface area (Å²) >= 11 is 0. The molecule has 0 bridgehead atoms. The van der Waals surface area contributed by atoms with Crippen LogP contribution < -0.4 is 0 Å². The van der Waals surface area contributed by atoms with E-state index in [4.69, 9.17) is 9.47 Å². The summed E-state index contributed by atoms with van der Waals surface area (Å²) in [6.45, 7) is 14.1. The van der Waals surface area contributed by atoms with Crippen molar-refractivity contribution >= 4 is 0 Å². The van der Waals surface area contributed by atoms with Crippen molar-refractivity contribution in [1.82, 2.24) is 0 Å². The number of aliphatic hydroxyl groups excluding tert-OH is 4. The molecular formula is C35H58O6. The summed E-state index contributed by atoms with van der Waals surface area (Å²) in [5.41, 5.74) is 3.77. The van der Waals surface area contributed by atoms with Crippen LogP contribution in [-0.2, 0) is 9.47 Å². The molecule has 4 fully saturated rings. The van der Waals surface area contributed by atoms with Crippen LogP contribution >= 0.6 is 0 Å². The third-order valence-electron chi connectivity index (χ3n) is 13.0. The van der Waals surface area contributed by atoms with Gasteiger partial charge in [-0.3, -0.25) is 0 Å². The Bertz CT molecular complexity index is 974. The van der Waals surface area contributed by atoms with Crippen LogP contribution in [-0.4, -0.2) is 63.8 Å². The van der Waals surface area contributed by atoms with E-state index in [1.807, 2.05) is 0 Å². The number of hydrogen-bond donors (Lipinski definition) is 4. The van der Waals surface area contributed by atoms with Crippen molar-refractivity contribution in [3.05, 3.63) is 23.3 Å². The monoisotopic (exact) mass is 574 g/mol. The van der Waals surface area contributed by atoms with E-state index in [0.717, 1.165) is 48.9 Å². The topological polar surface area (TPSA) is 99.4 Å². The number of hydrogen-bond acceptors (Lipinski definition) is 6. The van der Waals surface area contributed by atoms with Crippen molar-refractivity contribution in [2.24, 2.45) is 46.3 Å². The maximum atomic E-state index is 10.5. The second-order valence-corrected chi connectivity index (χ2v) is 15.2. The second kappa shape index (κ2) is 12.3. The highest BCUT2D eigenvalue weighted by Crippen LogP contribution is 2.67. The molecule has 1 saturated heterocycles. The highest BCUT2D eigenvalue weighted by Gasteiger charge is 2.59. The summed E-state index contributed by atoms with van der Waals surface area (Å²) in [6.07, 6.45) is 10.6. The third kappa shape index (κ3) is 5.64. The van der Waals surface area contributed by atoms with Gasteiger partial charge in [0.05, 0.1) is 12.7 Å². The first-order chi connectivity index (χ1) is 19.4. The quantitative estimate of drug-likeness (QED) is 0.275. The summed E-state index contributed by atoms with van der Waals surface area (Å²) in [5, 5.41) is 40.4. The van der Waals surface area contributed by atoms with Crippen LogP contribution in [0.15, 0.2) is 23.3 Å². The molecule has 4 N–H and O–H groups in total. The fraction of sp³-hybridized carbons (Fsp3) is 0.886. The first kappa shape index (κ1) is 31.7. The van der Waals surface area contributed by atoms with Crippen LogP contribution in [0.1, 0.15) is 106 Å². The molecule has 13 atom stereocenters. The predicted molar refractivity (Wildman–Crippen MR) is 161 cm³/mol. The van der Waals surface area contributed by atoms with Gasteiger partial charge in [0.2, 0.25) is 0 Å². The van der Waals surface area contributed by atoms with Crippen LogP contribution in [0.5, 0.6) is 0 Å². The van der Waals surface area contributed by atoms with Gasteiger partial charge in [-0.25, -0.2) is 0 Å². The summed E-state index contributed by atoms with van der Waals surface area (Å²) in [4.78, 5) is 0. The van der Waals surface area contributed by atoms with Crippen molar-refractivity contribution in [1.29, 1.82) is 0 Å². The SMILES string of the molecule is C/C=C(/CC[C@@H](C)[C@H]1CC[C@H]2[C@@H]3CC=C4C[C@@H](O[C@@H]5O[C@H](CO)[C@@H](O)[C@H](O)[C@H]5O)CC[C@]4(C)[C@H]3CC[C@]12C)C(C)C. The lowest BCUT2D eigenvalue weighted by molar-refractivity contribution is -0.313. The molecule has 3 saturated carbocycles. The molecular weight excluding hydrogens is 516 g/mol. The molecule has 0 radical (unpaired) electrons. The Balaban J connectivity index is 1.24. The average molecular weight is 575 g/mol. The summed E-state index contributed by atoms with van der Waals surface area (Å²) in [6, 6.07) is 0. The third-order valence-corrected chi connectivity index (χ3v) is 13.0. The van der Waals surface area contributed by atoms with Crippen molar-refractivity contribution in [3.8, 4) is 0 Å². The van der Waals surface area contributed by atoms with Gasteiger partial charge in [0, 0.05) is 0 Å². The van der Waals surface area contributed by atoms with Gasteiger partial charge < -0.3 is 29.9 Å². The van der Waals surface area contributed by atoms with E-state index in [0.29, 0.717) is 11.3 Å². The highest BCUT2D eigenvalue weighted by molar-refractivity contribution is 5.25. The molecule has 1 aliphatic heterocycles. The summed E-state index contributed by atoms with van der Waals surface area (Å²) in [7, 11) is 0. The minimum Gasteiger partial charge on any atom is -0.394 e. The zero-order valence-corrected chi connectivity index (χ0v) is 26.5. The number of ether oxygens (including phenoxy) is 2. The Hall–Kier alpha value is -0.760. The maximum Gasteiger partial charge on any atom is 0.186 e. The molecule has 234 valence electrons. The van der Waals surface area contributed by atoms with Crippen molar-refractivity contribution < 1.29 is 29.9 Å². The molecule has 5 rings (SSSR count). The molecule has 5 aliphatic rings. The Morgan fingerprint density at radius 1 is 1.02 bits per heavy atom. The molecule has 0 aromatic heterocycles. The lowest BCUT2D eigenvalue weighted by atomic mass is 9.47. The van der Waals surface area contributed by atoms with Gasteiger partial charge >= 0.3 is 0 Å². The maximum absolute atomic E-state index is 10.5. The molecule has 0 amide bonds. The smallest absolute Gasteiger partial charge is 0.186 e. The van der Waals surface area contributed by atoms with E-state index in [1.165, 1.54) is 50.5 Å². The second-order valence-electron chi connectivity index (χ2n) is 15.2. The summed E-state index contributed by atoms with van der Waals surface area (Å²) < 4.78 is 11.9. The van der Waals surface area contributed by atoms with E-state index in [1.54, 1.807) is 5.57 Å². The van der Waals surface area contributed by atoms with Gasteiger partial charge in [-0.1, -0.05) is 57.9 Å². The van der Waals surface area contributed by atoms with Gasteiger partial charge in [0.15, 0.2) is 6.29 Å². The van der Waals surface area contributed by atoms with Crippen LogP contribution in [0.3, 0.4) is 0 Å². The van der Waals surface area contributed by atoms with Crippen LogP contribution in [0.25, 0.3) is 0 Å². The largest absolute Gasteiger partial charge is 0.394 e. The minimum atomic E-state index is -1.40. The predicted octanol–water partition coefficient (Wildman–Crippen LogP) is 5.77.